The third-order valence-electron chi connectivity index (χ3n) is 6.48. The zero-order chi connectivity index (χ0) is 23.1. The lowest BCUT2D eigenvalue weighted by atomic mass is 10.1. The van der Waals surface area contributed by atoms with Gasteiger partial charge in [0.15, 0.2) is 8.32 Å². The number of fused-ring (bicyclic) bond motifs is 2. The molecule has 7 heteroatoms. The number of nitrogens with two attached hydrogens (primary N) is 1. The van der Waals surface area contributed by atoms with Crippen LogP contribution in [0.25, 0.3) is 33.1 Å². The minimum atomic E-state index is -1.96. The summed E-state index contributed by atoms with van der Waals surface area (Å²) >= 11 is 0. The fourth-order valence-corrected chi connectivity index (χ4v) is 4.91. The molecule has 0 fully saturated rings. The topological polar surface area (TPSA) is 78.9 Å². The highest BCUT2D eigenvalue weighted by atomic mass is 28.4. The van der Waals surface area contributed by atoms with Crippen molar-refractivity contribution in [1.82, 2.24) is 19.5 Å². The Labute approximate surface area is 190 Å². The predicted molar refractivity (Wildman–Crippen MR) is 135 cm³/mol. The van der Waals surface area contributed by atoms with Crippen LogP contribution in [0.5, 0.6) is 0 Å². The Bertz CT molecular complexity index is 1290. The first kappa shape index (κ1) is 22.2. The van der Waals surface area contributed by atoms with E-state index in [1.165, 1.54) is 6.33 Å². The van der Waals surface area contributed by atoms with Crippen molar-refractivity contribution < 1.29 is 4.43 Å². The number of nitrogen functional groups attached to an aromatic ring is 1. The molecular weight excluding hydrogens is 414 g/mol. The SMILES string of the molecule is C=C[C@H](Cn1cc(-c2cnc3ccccc3c2)c2c(N)ncnc21)O[Si](C)(C)C(C)(C)C. The lowest BCUT2D eigenvalue weighted by molar-refractivity contribution is 0.206. The largest absolute Gasteiger partial charge is 0.409 e. The van der Waals surface area contributed by atoms with Gasteiger partial charge in [0.1, 0.15) is 17.8 Å². The molecule has 0 aliphatic carbocycles. The summed E-state index contributed by atoms with van der Waals surface area (Å²) in [4.78, 5) is 13.4. The summed E-state index contributed by atoms with van der Waals surface area (Å²) in [5.41, 5.74) is 10.00. The van der Waals surface area contributed by atoms with Gasteiger partial charge < -0.3 is 14.7 Å². The summed E-state index contributed by atoms with van der Waals surface area (Å²) in [6.45, 7) is 15.9. The maximum Gasteiger partial charge on any atom is 0.192 e. The summed E-state index contributed by atoms with van der Waals surface area (Å²) in [5, 5.41) is 2.02. The first-order valence-corrected chi connectivity index (χ1v) is 13.8. The lowest BCUT2D eigenvalue weighted by Gasteiger charge is -2.38. The molecule has 0 bridgehead atoms. The van der Waals surface area contributed by atoms with Gasteiger partial charge in [-0.1, -0.05) is 45.0 Å². The van der Waals surface area contributed by atoms with Crippen LogP contribution in [0.15, 0.2) is 61.7 Å². The van der Waals surface area contributed by atoms with Crippen molar-refractivity contribution in [3.05, 3.63) is 61.7 Å². The van der Waals surface area contributed by atoms with Crippen LogP contribution in [0.1, 0.15) is 20.8 Å². The van der Waals surface area contributed by atoms with Crippen molar-refractivity contribution in [1.29, 1.82) is 0 Å². The molecule has 3 heterocycles. The number of rotatable bonds is 6. The maximum absolute atomic E-state index is 6.62. The molecule has 4 rings (SSSR count). The van der Waals surface area contributed by atoms with Crippen LogP contribution in [0.3, 0.4) is 0 Å². The van der Waals surface area contributed by atoms with Crippen LogP contribution in [0.2, 0.25) is 18.1 Å². The van der Waals surface area contributed by atoms with Crippen LogP contribution in [0, 0.1) is 0 Å². The van der Waals surface area contributed by atoms with E-state index < -0.39 is 8.32 Å². The Morgan fingerprint density at radius 1 is 1.19 bits per heavy atom. The Kier molecular flexibility index (Phi) is 5.64. The van der Waals surface area contributed by atoms with E-state index in [-0.39, 0.29) is 11.1 Å². The second-order valence-corrected chi connectivity index (χ2v) is 14.5. The highest BCUT2D eigenvalue weighted by Crippen LogP contribution is 2.38. The molecule has 0 amide bonds. The van der Waals surface area contributed by atoms with Crippen molar-refractivity contribution in [3.63, 3.8) is 0 Å². The molecule has 166 valence electrons. The molecular formula is C25H31N5OSi. The van der Waals surface area contributed by atoms with E-state index >= 15 is 0 Å². The molecule has 3 aromatic heterocycles. The number of pyridine rings is 1. The average molecular weight is 446 g/mol. The Morgan fingerprint density at radius 3 is 2.66 bits per heavy atom. The van der Waals surface area contributed by atoms with E-state index in [1.807, 2.05) is 30.5 Å². The van der Waals surface area contributed by atoms with E-state index in [4.69, 9.17) is 10.2 Å². The van der Waals surface area contributed by atoms with E-state index in [2.05, 4.69) is 78.3 Å². The number of hydrogen-bond acceptors (Lipinski definition) is 5. The molecule has 0 aliphatic heterocycles. The van der Waals surface area contributed by atoms with Gasteiger partial charge in [-0.2, -0.15) is 0 Å². The number of aromatic nitrogens is 4. The van der Waals surface area contributed by atoms with Crippen molar-refractivity contribution >= 4 is 36.1 Å². The maximum atomic E-state index is 6.62. The minimum absolute atomic E-state index is 0.113. The number of benzene rings is 1. The lowest BCUT2D eigenvalue weighted by Crippen LogP contribution is -2.44. The molecule has 4 aromatic rings. The summed E-state index contributed by atoms with van der Waals surface area (Å²) in [6.07, 6.45) is 7.21. The van der Waals surface area contributed by atoms with Crippen molar-refractivity contribution in [2.75, 3.05) is 5.73 Å². The van der Waals surface area contributed by atoms with E-state index in [9.17, 15) is 0 Å². The summed E-state index contributed by atoms with van der Waals surface area (Å²) in [7, 11) is -1.96. The zero-order valence-corrected chi connectivity index (χ0v) is 20.5. The average Bonchev–Trinajstić information content (AvgIpc) is 3.11. The van der Waals surface area contributed by atoms with Gasteiger partial charge >= 0.3 is 0 Å². The summed E-state index contributed by atoms with van der Waals surface area (Å²) in [6, 6.07) is 10.2. The van der Waals surface area contributed by atoms with E-state index in [0.717, 1.165) is 33.1 Å². The molecule has 0 spiro atoms. The van der Waals surface area contributed by atoms with Crippen molar-refractivity contribution in [2.24, 2.45) is 0 Å². The summed E-state index contributed by atoms with van der Waals surface area (Å²) < 4.78 is 8.71. The molecule has 6 nitrogen and oxygen atoms in total. The Hall–Kier alpha value is -3.03. The smallest absolute Gasteiger partial charge is 0.192 e. The predicted octanol–water partition coefficient (Wildman–Crippen LogP) is 5.81. The second kappa shape index (κ2) is 8.15. The monoisotopic (exact) mass is 445 g/mol. The highest BCUT2D eigenvalue weighted by molar-refractivity contribution is 6.74. The quantitative estimate of drug-likeness (QED) is 0.299. The third-order valence-corrected chi connectivity index (χ3v) is 11.0. The Balaban J connectivity index is 1.78. The van der Waals surface area contributed by atoms with Crippen LogP contribution < -0.4 is 5.73 Å². The van der Waals surface area contributed by atoms with Gasteiger partial charge in [-0.05, 0) is 30.3 Å². The zero-order valence-electron chi connectivity index (χ0n) is 19.5. The first-order chi connectivity index (χ1) is 15.1. The fourth-order valence-electron chi connectivity index (χ4n) is 3.63. The number of para-hydroxylation sites is 1. The van der Waals surface area contributed by atoms with Gasteiger partial charge in [-0.25, -0.2) is 9.97 Å². The normalized spacial score (nSPS) is 13.5. The number of anilines is 1. The minimum Gasteiger partial charge on any atom is -0.409 e. The molecule has 0 saturated heterocycles. The van der Waals surface area contributed by atoms with Gasteiger partial charge in [0.05, 0.1) is 23.6 Å². The second-order valence-electron chi connectivity index (χ2n) is 9.72. The highest BCUT2D eigenvalue weighted by Gasteiger charge is 2.38. The van der Waals surface area contributed by atoms with Crippen LogP contribution in [-0.4, -0.2) is 33.9 Å². The van der Waals surface area contributed by atoms with Gasteiger partial charge in [0.25, 0.3) is 0 Å². The van der Waals surface area contributed by atoms with Crippen LogP contribution in [0.4, 0.5) is 5.82 Å². The van der Waals surface area contributed by atoms with E-state index in [0.29, 0.717) is 12.4 Å². The molecule has 0 aliphatic rings. The van der Waals surface area contributed by atoms with Gasteiger partial charge in [-0.3, -0.25) is 4.98 Å². The molecule has 0 unspecified atom stereocenters. The number of nitrogens with zero attached hydrogens (tertiary/aromatic N) is 4. The molecule has 32 heavy (non-hydrogen) atoms. The van der Waals surface area contributed by atoms with Crippen molar-refractivity contribution in [2.45, 2.75) is 51.6 Å². The Morgan fingerprint density at radius 2 is 1.94 bits per heavy atom. The molecule has 2 N–H and O–H groups in total. The third kappa shape index (κ3) is 4.05. The summed E-state index contributed by atoms with van der Waals surface area (Å²) in [5.74, 6) is 0.456. The molecule has 1 atom stereocenters. The van der Waals surface area contributed by atoms with Crippen LogP contribution in [-0.2, 0) is 11.0 Å². The van der Waals surface area contributed by atoms with Gasteiger partial charge in [0, 0.05) is 28.9 Å². The van der Waals surface area contributed by atoms with E-state index in [1.54, 1.807) is 0 Å². The van der Waals surface area contributed by atoms with Crippen molar-refractivity contribution in [3.8, 4) is 11.1 Å². The molecule has 0 radical (unpaired) electrons. The standard InChI is InChI=1S/C25H31N5OSi/c1-7-19(31-32(5,6)25(2,3)4)14-30-15-20(22-23(26)28-16-29-24(22)30)18-12-17-10-8-9-11-21(17)27-13-18/h7-13,15-16,19H,1,14H2,2-6H3,(H2,26,28,29)/t19-/m1/s1. The van der Waals surface area contributed by atoms with Gasteiger partial charge in [0.2, 0.25) is 0 Å². The fraction of sp³-hybridized carbons (Fsp3) is 0.320. The van der Waals surface area contributed by atoms with Crippen LogP contribution >= 0.6 is 0 Å². The molecule has 1 aromatic carbocycles. The van der Waals surface area contributed by atoms with Gasteiger partial charge in [-0.15, -0.1) is 6.58 Å². The molecule has 0 saturated carbocycles. The first-order valence-electron chi connectivity index (χ1n) is 10.9. The number of hydrogen-bond donors (Lipinski definition) is 1.